The lowest BCUT2D eigenvalue weighted by Crippen LogP contribution is -2.24. The van der Waals surface area contributed by atoms with Gasteiger partial charge in [0.1, 0.15) is 6.10 Å². The minimum absolute atomic E-state index is 0.0500. The van der Waals surface area contributed by atoms with Crippen LogP contribution in [0.25, 0.3) is 0 Å². The molecule has 0 aliphatic rings. The van der Waals surface area contributed by atoms with Crippen molar-refractivity contribution < 1.29 is 19.2 Å². The molecule has 0 heterocycles. The van der Waals surface area contributed by atoms with E-state index in [-0.39, 0.29) is 5.69 Å². The van der Waals surface area contributed by atoms with Gasteiger partial charge in [0.2, 0.25) is 5.82 Å². The number of aliphatic hydroxyl groups excluding tert-OH is 1. The molecule has 0 aromatic heterocycles. The maximum Gasteiger partial charge on any atom is 0.304 e. The summed E-state index contributed by atoms with van der Waals surface area (Å²) in [5.74, 6) is -1.76. The topological polar surface area (TPSA) is 92.5 Å². The number of nitro groups is 1. The molecule has 0 aliphatic carbocycles. The van der Waals surface area contributed by atoms with Crippen molar-refractivity contribution in [3.63, 3.8) is 0 Å². The molecule has 0 unspecified atom stereocenters. The van der Waals surface area contributed by atoms with Gasteiger partial charge in [-0.1, -0.05) is 0 Å². The number of rotatable bonds is 3. The van der Waals surface area contributed by atoms with E-state index in [0.29, 0.717) is 0 Å². The lowest BCUT2D eigenvalue weighted by atomic mass is 10.2. The van der Waals surface area contributed by atoms with Crippen molar-refractivity contribution in [3.8, 4) is 0 Å². The zero-order chi connectivity index (χ0) is 12.3. The van der Waals surface area contributed by atoms with Crippen molar-refractivity contribution in [2.24, 2.45) is 0 Å². The van der Waals surface area contributed by atoms with Crippen LogP contribution in [0.2, 0.25) is 0 Å². The summed E-state index contributed by atoms with van der Waals surface area (Å²) in [6.45, 7) is 1.25. The molecule has 0 bridgehead atoms. The molecule has 0 saturated carbocycles. The first-order chi connectivity index (χ1) is 7.41. The minimum Gasteiger partial charge on any atom is -0.384 e. The van der Waals surface area contributed by atoms with E-state index < -0.39 is 28.4 Å². The second-order valence-electron chi connectivity index (χ2n) is 3.09. The summed E-state index contributed by atoms with van der Waals surface area (Å²) in [5.41, 5.74) is -0.621. The van der Waals surface area contributed by atoms with Crippen LogP contribution in [0, 0.1) is 15.9 Å². The van der Waals surface area contributed by atoms with Gasteiger partial charge in [-0.2, -0.15) is 4.39 Å². The average molecular weight is 228 g/mol. The molecule has 0 fully saturated rings. The molecule has 1 atom stereocenters. The molecule has 2 N–H and O–H groups in total. The third-order valence-corrected chi connectivity index (χ3v) is 1.79. The molecule has 0 spiro atoms. The van der Waals surface area contributed by atoms with Crippen molar-refractivity contribution >= 4 is 17.3 Å². The van der Waals surface area contributed by atoms with Crippen LogP contribution >= 0.6 is 0 Å². The molecule has 0 aliphatic heterocycles. The number of anilines is 1. The number of nitrogens with zero attached hydrogens (tertiary/aromatic N) is 1. The van der Waals surface area contributed by atoms with Crippen LogP contribution in [-0.2, 0) is 4.79 Å². The van der Waals surface area contributed by atoms with E-state index in [2.05, 4.69) is 5.32 Å². The van der Waals surface area contributed by atoms with E-state index in [4.69, 9.17) is 5.11 Å². The highest BCUT2D eigenvalue weighted by Gasteiger charge is 2.15. The predicted molar refractivity (Wildman–Crippen MR) is 53.4 cm³/mol. The van der Waals surface area contributed by atoms with Crippen LogP contribution in [0.4, 0.5) is 15.8 Å². The third kappa shape index (κ3) is 2.74. The van der Waals surface area contributed by atoms with Crippen LogP contribution < -0.4 is 5.32 Å². The van der Waals surface area contributed by atoms with Crippen molar-refractivity contribution in [3.05, 3.63) is 34.1 Å². The highest BCUT2D eigenvalue weighted by molar-refractivity contribution is 5.93. The van der Waals surface area contributed by atoms with Crippen molar-refractivity contribution in [2.45, 2.75) is 13.0 Å². The SMILES string of the molecule is C[C@H](O)C(=O)Nc1ccc([N+](=O)[O-])c(F)c1. The molecule has 0 saturated heterocycles. The summed E-state index contributed by atoms with van der Waals surface area (Å²) >= 11 is 0. The van der Waals surface area contributed by atoms with Crippen LogP contribution in [0.1, 0.15) is 6.92 Å². The van der Waals surface area contributed by atoms with Gasteiger partial charge in [-0.3, -0.25) is 14.9 Å². The number of hydrogen-bond donors (Lipinski definition) is 2. The first-order valence-electron chi connectivity index (χ1n) is 4.34. The summed E-state index contributed by atoms with van der Waals surface area (Å²) in [5, 5.41) is 21.4. The summed E-state index contributed by atoms with van der Waals surface area (Å²) in [4.78, 5) is 20.5. The first-order valence-corrected chi connectivity index (χ1v) is 4.34. The predicted octanol–water partition coefficient (Wildman–Crippen LogP) is 1.05. The summed E-state index contributed by atoms with van der Waals surface area (Å²) in [6.07, 6.45) is -1.24. The zero-order valence-corrected chi connectivity index (χ0v) is 8.31. The monoisotopic (exact) mass is 228 g/mol. The Morgan fingerprint density at radius 3 is 2.69 bits per heavy atom. The third-order valence-electron chi connectivity index (χ3n) is 1.79. The number of halogens is 1. The number of carbonyl (C=O) groups excluding carboxylic acids is 1. The van der Waals surface area contributed by atoms with Crippen molar-refractivity contribution in [1.82, 2.24) is 0 Å². The van der Waals surface area contributed by atoms with Gasteiger partial charge in [0.15, 0.2) is 0 Å². The Balaban J connectivity index is 2.90. The second-order valence-corrected chi connectivity index (χ2v) is 3.09. The second kappa shape index (κ2) is 4.67. The van der Waals surface area contributed by atoms with Gasteiger partial charge in [-0.05, 0) is 13.0 Å². The maximum atomic E-state index is 13.1. The number of carbonyl (C=O) groups is 1. The van der Waals surface area contributed by atoms with E-state index in [1.807, 2.05) is 0 Å². The number of amides is 1. The van der Waals surface area contributed by atoms with Crippen LogP contribution in [-0.4, -0.2) is 22.0 Å². The van der Waals surface area contributed by atoms with Gasteiger partial charge in [0.05, 0.1) is 4.92 Å². The van der Waals surface area contributed by atoms with Gasteiger partial charge in [-0.15, -0.1) is 0 Å². The van der Waals surface area contributed by atoms with Gasteiger partial charge in [0.25, 0.3) is 5.91 Å². The Morgan fingerprint density at radius 2 is 2.25 bits per heavy atom. The van der Waals surface area contributed by atoms with Crippen LogP contribution in [0.5, 0.6) is 0 Å². The molecule has 1 rings (SSSR count). The van der Waals surface area contributed by atoms with E-state index in [0.717, 1.165) is 12.1 Å². The van der Waals surface area contributed by atoms with Gasteiger partial charge < -0.3 is 10.4 Å². The Bertz CT molecular complexity index is 434. The summed E-state index contributed by atoms with van der Waals surface area (Å²) in [7, 11) is 0. The Hall–Kier alpha value is -2.02. The average Bonchev–Trinajstić information content (AvgIpc) is 2.16. The fraction of sp³-hybridized carbons (Fsp3) is 0.222. The Morgan fingerprint density at radius 1 is 1.62 bits per heavy atom. The highest BCUT2D eigenvalue weighted by atomic mass is 19.1. The Kier molecular flexibility index (Phi) is 3.51. The number of nitrogens with one attached hydrogen (secondary N) is 1. The molecule has 86 valence electrons. The normalized spacial score (nSPS) is 11.9. The summed E-state index contributed by atoms with van der Waals surface area (Å²) in [6, 6.07) is 2.94. The molecule has 16 heavy (non-hydrogen) atoms. The van der Waals surface area contributed by atoms with E-state index >= 15 is 0 Å². The van der Waals surface area contributed by atoms with Crippen LogP contribution in [0.15, 0.2) is 18.2 Å². The lowest BCUT2D eigenvalue weighted by molar-refractivity contribution is -0.387. The van der Waals surface area contributed by atoms with E-state index in [9.17, 15) is 19.3 Å². The quantitative estimate of drug-likeness (QED) is 0.597. The van der Waals surface area contributed by atoms with Gasteiger partial charge in [-0.25, -0.2) is 0 Å². The van der Waals surface area contributed by atoms with E-state index in [1.165, 1.54) is 13.0 Å². The first kappa shape index (κ1) is 12.1. The molecule has 1 amide bonds. The summed E-state index contributed by atoms with van der Waals surface area (Å²) < 4.78 is 13.1. The minimum atomic E-state index is -1.24. The lowest BCUT2D eigenvalue weighted by Gasteiger charge is -2.06. The smallest absolute Gasteiger partial charge is 0.304 e. The Labute approximate surface area is 89.9 Å². The number of nitro benzene ring substituents is 1. The standard InChI is InChI=1S/C9H9FN2O4/c1-5(13)9(14)11-6-2-3-8(12(15)16)7(10)4-6/h2-5,13H,1H3,(H,11,14)/t5-/m0/s1. The van der Waals surface area contributed by atoms with Crippen molar-refractivity contribution in [1.29, 1.82) is 0 Å². The molecule has 7 heteroatoms. The molecular formula is C9H9FN2O4. The van der Waals surface area contributed by atoms with E-state index in [1.54, 1.807) is 0 Å². The van der Waals surface area contributed by atoms with Crippen LogP contribution in [0.3, 0.4) is 0 Å². The highest BCUT2D eigenvalue weighted by Crippen LogP contribution is 2.20. The zero-order valence-electron chi connectivity index (χ0n) is 8.31. The van der Waals surface area contributed by atoms with Gasteiger partial charge in [0, 0.05) is 17.8 Å². The molecular weight excluding hydrogens is 219 g/mol. The molecule has 6 nitrogen and oxygen atoms in total. The number of benzene rings is 1. The maximum absolute atomic E-state index is 13.1. The molecule has 1 aromatic carbocycles. The van der Waals surface area contributed by atoms with Gasteiger partial charge >= 0.3 is 5.69 Å². The number of hydrogen-bond acceptors (Lipinski definition) is 4. The number of aliphatic hydroxyl groups is 1. The fourth-order valence-electron chi connectivity index (χ4n) is 0.979. The van der Waals surface area contributed by atoms with Crippen molar-refractivity contribution in [2.75, 3.05) is 5.32 Å². The largest absolute Gasteiger partial charge is 0.384 e. The molecule has 1 aromatic rings. The fourth-order valence-corrected chi connectivity index (χ4v) is 0.979. The molecule has 0 radical (unpaired) electrons.